The van der Waals surface area contributed by atoms with E-state index < -0.39 is 34.9 Å². The summed E-state index contributed by atoms with van der Waals surface area (Å²) in [5.74, 6) is -5.11. The smallest absolute Gasteiger partial charge is 0.203 e. The fraction of sp³-hybridized carbons (Fsp3) is 0.200. The number of ether oxygens (including phenoxy) is 2. The lowest BCUT2D eigenvalue weighted by Crippen LogP contribution is -2.07. The topological polar surface area (TPSA) is 58.9 Å². The Bertz CT molecular complexity index is 704. The number of hydrogen-bond donors (Lipinski definition) is 2. The molecule has 0 aliphatic carbocycles. The molecule has 2 aromatic carbocycles. The van der Waals surface area contributed by atoms with E-state index in [1.165, 1.54) is 19.2 Å². The van der Waals surface area contributed by atoms with Gasteiger partial charge in [0.1, 0.15) is 6.10 Å². The van der Waals surface area contributed by atoms with Crippen molar-refractivity contribution in [1.82, 2.24) is 0 Å². The van der Waals surface area contributed by atoms with Gasteiger partial charge in [-0.25, -0.2) is 8.78 Å². The van der Waals surface area contributed by atoms with Crippen LogP contribution in [-0.4, -0.2) is 24.4 Å². The van der Waals surface area contributed by atoms with E-state index in [4.69, 9.17) is 4.74 Å². The number of methoxy groups -OCH3 is 2. The van der Waals surface area contributed by atoms with Gasteiger partial charge in [-0.2, -0.15) is 4.39 Å². The molecule has 2 aromatic rings. The number of phenols is 1. The molecule has 118 valence electrons. The first kappa shape index (κ1) is 16.0. The molecule has 0 aromatic heterocycles. The SMILES string of the molecule is COc1ccc(C(O)c2cc(F)c(F)c(OC)c2F)cc1O. The van der Waals surface area contributed by atoms with E-state index in [0.29, 0.717) is 6.07 Å². The third-order valence-electron chi connectivity index (χ3n) is 3.16. The Labute approximate surface area is 124 Å². The van der Waals surface area contributed by atoms with Crippen LogP contribution in [0.25, 0.3) is 0 Å². The van der Waals surface area contributed by atoms with Crippen molar-refractivity contribution in [3.63, 3.8) is 0 Å². The molecule has 2 rings (SSSR count). The fourth-order valence-corrected chi connectivity index (χ4v) is 2.03. The summed E-state index contributed by atoms with van der Waals surface area (Å²) in [6.07, 6.45) is -1.62. The maximum Gasteiger partial charge on any atom is 0.203 e. The second-order valence-electron chi connectivity index (χ2n) is 4.44. The zero-order valence-electron chi connectivity index (χ0n) is 11.7. The first-order valence-corrected chi connectivity index (χ1v) is 6.17. The van der Waals surface area contributed by atoms with Gasteiger partial charge in [0.25, 0.3) is 0 Å². The zero-order valence-corrected chi connectivity index (χ0v) is 11.7. The summed E-state index contributed by atoms with van der Waals surface area (Å²) in [6, 6.07) is 4.38. The molecule has 4 nitrogen and oxygen atoms in total. The molecule has 0 spiro atoms. The predicted octanol–water partition coefficient (Wildman–Crippen LogP) is 2.91. The maximum atomic E-state index is 14.1. The molecule has 1 unspecified atom stereocenters. The molecule has 0 heterocycles. The molecule has 7 heteroatoms. The zero-order chi connectivity index (χ0) is 16.4. The molecule has 0 amide bonds. The van der Waals surface area contributed by atoms with Gasteiger partial charge in [-0.1, -0.05) is 6.07 Å². The first-order valence-electron chi connectivity index (χ1n) is 6.17. The number of halogens is 3. The highest BCUT2D eigenvalue weighted by atomic mass is 19.2. The largest absolute Gasteiger partial charge is 0.504 e. The molecule has 0 fully saturated rings. The van der Waals surface area contributed by atoms with Gasteiger partial charge in [-0.15, -0.1) is 0 Å². The van der Waals surface area contributed by atoms with Gasteiger partial charge < -0.3 is 19.7 Å². The minimum Gasteiger partial charge on any atom is -0.504 e. The van der Waals surface area contributed by atoms with Crippen LogP contribution in [0.4, 0.5) is 13.2 Å². The average molecular weight is 314 g/mol. The second-order valence-corrected chi connectivity index (χ2v) is 4.44. The van der Waals surface area contributed by atoms with E-state index in [2.05, 4.69) is 4.74 Å². The molecular formula is C15H13F3O4. The lowest BCUT2D eigenvalue weighted by Gasteiger charge is -2.16. The number of phenolic OH excluding ortho intramolecular Hbond substituents is 1. The molecule has 1 atom stereocenters. The Morgan fingerprint density at radius 1 is 1.00 bits per heavy atom. The summed E-state index contributed by atoms with van der Waals surface area (Å²) in [4.78, 5) is 0. The van der Waals surface area contributed by atoms with Crippen LogP contribution < -0.4 is 9.47 Å². The van der Waals surface area contributed by atoms with Crippen LogP contribution in [0.3, 0.4) is 0 Å². The van der Waals surface area contributed by atoms with Crippen LogP contribution in [0, 0.1) is 17.5 Å². The predicted molar refractivity (Wildman–Crippen MR) is 71.6 cm³/mol. The van der Waals surface area contributed by atoms with Crippen LogP contribution in [-0.2, 0) is 0 Å². The van der Waals surface area contributed by atoms with Gasteiger partial charge in [0.15, 0.2) is 28.9 Å². The van der Waals surface area contributed by atoms with Crippen molar-refractivity contribution in [2.24, 2.45) is 0 Å². The monoisotopic (exact) mass is 314 g/mol. The van der Waals surface area contributed by atoms with E-state index in [0.717, 1.165) is 13.2 Å². The van der Waals surface area contributed by atoms with Crippen LogP contribution in [0.15, 0.2) is 24.3 Å². The quantitative estimate of drug-likeness (QED) is 0.852. The molecule has 0 radical (unpaired) electrons. The molecular weight excluding hydrogens is 301 g/mol. The van der Waals surface area contributed by atoms with Gasteiger partial charge in [0.2, 0.25) is 5.82 Å². The Morgan fingerprint density at radius 3 is 2.23 bits per heavy atom. The van der Waals surface area contributed by atoms with Gasteiger partial charge >= 0.3 is 0 Å². The van der Waals surface area contributed by atoms with E-state index in [1.807, 2.05) is 0 Å². The highest BCUT2D eigenvalue weighted by Crippen LogP contribution is 2.35. The van der Waals surface area contributed by atoms with Gasteiger partial charge in [0, 0.05) is 5.56 Å². The lowest BCUT2D eigenvalue weighted by atomic mass is 10.00. The molecule has 22 heavy (non-hydrogen) atoms. The Balaban J connectivity index is 2.52. The normalized spacial score (nSPS) is 12.1. The third kappa shape index (κ3) is 2.67. The van der Waals surface area contributed by atoms with E-state index in [1.54, 1.807) is 0 Å². The van der Waals surface area contributed by atoms with Crippen molar-refractivity contribution in [3.8, 4) is 17.2 Å². The van der Waals surface area contributed by atoms with Crippen LogP contribution in [0.5, 0.6) is 17.2 Å². The van der Waals surface area contributed by atoms with Gasteiger partial charge in [-0.3, -0.25) is 0 Å². The second kappa shape index (κ2) is 6.15. The number of hydrogen-bond acceptors (Lipinski definition) is 4. The van der Waals surface area contributed by atoms with E-state index in [9.17, 15) is 23.4 Å². The van der Waals surface area contributed by atoms with Gasteiger partial charge in [0.05, 0.1) is 14.2 Å². The molecule has 0 bridgehead atoms. The number of aliphatic hydroxyl groups excluding tert-OH is 1. The van der Waals surface area contributed by atoms with Crippen molar-refractivity contribution < 1.29 is 32.9 Å². The summed E-state index contributed by atoms with van der Waals surface area (Å²) >= 11 is 0. The average Bonchev–Trinajstić information content (AvgIpc) is 2.50. The summed E-state index contributed by atoms with van der Waals surface area (Å²) in [5, 5.41) is 19.8. The third-order valence-corrected chi connectivity index (χ3v) is 3.16. The summed E-state index contributed by atoms with van der Waals surface area (Å²) in [7, 11) is 2.32. The highest BCUT2D eigenvalue weighted by molar-refractivity contribution is 5.45. The van der Waals surface area contributed by atoms with E-state index in [-0.39, 0.29) is 17.1 Å². The molecule has 0 saturated carbocycles. The number of rotatable bonds is 4. The van der Waals surface area contributed by atoms with Crippen molar-refractivity contribution in [1.29, 1.82) is 0 Å². The summed E-state index contributed by atoms with van der Waals surface area (Å²) in [5.41, 5.74) is -0.439. The molecule has 0 aliphatic rings. The number of benzene rings is 2. The molecule has 0 saturated heterocycles. The maximum absolute atomic E-state index is 14.1. The minimum absolute atomic E-state index is 0.0743. The van der Waals surface area contributed by atoms with Crippen molar-refractivity contribution in [3.05, 3.63) is 52.8 Å². The Morgan fingerprint density at radius 2 is 1.68 bits per heavy atom. The lowest BCUT2D eigenvalue weighted by molar-refractivity contribution is 0.210. The van der Waals surface area contributed by atoms with Crippen LogP contribution in [0.1, 0.15) is 17.2 Å². The van der Waals surface area contributed by atoms with E-state index >= 15 is 0 Å². The standard InChI is InChI=1S/C15H13F3O4/c1-21-11-4-3-7(5-10(11)19)14(20)8-6-9(16)13(18)15(22-2)12(8)17/h3-6,14,19-20H,1-2H3. The minimum atomic E-state index is -1.62. The number of aromatic hydroxyl groups is 1. The van der Waals surface area contributed by atoms with Crippen LogP contribution in [0.2, 0.25) is 0 Å². The van der Waals surface area contributed by atoms with Crippen LogP contribution >= 0.6 is 0 Å². The molecule has 2 N–H and O–H groups in total. The first-order chi connectivity index (χ1) is 10.4. The number of aliphatic hydroxyl groups is 1. The van der Waals surface area contributed by atoms with Crippen molar-refractivity contribution >= 4 is 0 Å². The summed E-state index contributed by atoms with van der Waals surface area (Å²) in [6.45, 7) is 0. The van der Waals surface area contributed by atoms with Crippen molar-refractivity contribution in [2.75, 3.05) is 14.2 Å². The molecule has 0 aliphatic heterocycles. The summed E-state index contributed by atoms with van der Waals surface area (Å²) < 4.78 is 50.3. The Kier molecular flexibility index (Phi) is 4.46. The fourth-order valence-electron chi connectivity index (χ4n) is 2.03. The Hall–Kier alpha value is -2.41. The highest BCUT2D eigenvalue weighted by Gasteiger charge is 2.25. The van der Waals surface area contributed by atoms with Gasteiger partial charge in [-0.05, 0) is 23.8 Å². The van der Waals surface area contributed by atoms with Crippen molar-refractivity contribution in [2.45, 2.75) is 6.10 Å².